The van der Waals surface area contributed by atoms with E-state index in [1.165, 1.54) is 6.07 Å². The molecule has 0 atom stereocenters. The molecular formula is C24H17F3N2. The second kappa shape index (κ2) is 7.80. The molecule has 1 aromatic heterocycles. The molecule has 0 radical (unpaired) electrons. The van der Waals surface area contributed by atoms with E-state index in [9.17, 15) is 13.2 Å². The van der Waals surface area contributed by atoms with E-state index in [0.717, 1.165) is 5.56 Å². The summed E-state index contributed by atoms with van der Waals surface area (Å²) in [7, 11) is 0. The number of rotatable bonds is 4. The number of alkyl halides is 3. The summed E-state index contributed by atoms with van der Waals surface area (Å²) in [4.78, 5) is 4.42. The first-order chi connectivity index (χ1) is 14.0. The Balaban J connectivity index is 1.98. The van der Waals surface area contributed by atoms with Crippen molar-refractivity contribution in [3.8, 4) is 22.5 Å². The van der Waals surface area contributed by atoms with E-state index < -0.39 is 11.7 Å². The van der Waals surface area contributed by atoms with Gasteiger partial charge in [0.2, 0.25) is 0 Å². The molecule has 0 aliphatic heterocycles. The van der Waals surface area contributed by atoms with Gasteiger partial charge in [0.15, 0.2) is 0 Å². The predicted octanol–water partition coefficient (Wildman–Crippen LogP) is 7.18. The highest BCUT2D eigenvalue weighted by Gasteiger charge is 2.38. The Morgan fingerprint density at radius 3 is 1.72 bits per heavy atom. The largest absolute Gasteiger partial charge is 0.420 e. The van der Waals surface area contributed by atoms with Crippen molar-refractivity contribution in [3.05, 3.63) is 103 Å². The van der Waals surface area contributed by atoms with Crippen molar-refractivity contribution in [3.63, 3.8) is 0 Å². The zero-order valence-electron chi connectivity index (χ0n) is 15.3. The molecule has 4 aromatic rings. The quantitative estimate of drug-likeness (QED) is 0.399. The highest BCUT2D eigenvalue weighted by atomic mass is 19.4. The lowest BCUT2D eigenvalue weighted by molar-refractivity contribution is -0.136. The third kappa shape index (κ3) is 4.14. The van der Waals surface area contributed by atoms with E-state index >= 15 is 0 Å². The van der Waals surface area contributed by atoms with E-state index in [-0.39, 0.29) is 11.4 Å². The number of halogens is 3. The van der Waals surface area contributed by atoms with Gasteiger partial charge in [0.05, 0.1) is 17.1 Å². The number of anilines is 2. The second-order valence-corrected chi connectivity index (χ2v) is 6.50. The van der Waals surface area contributed by atoms with Gasteiger partial charge in [-0.15, -0.1) is 0 Å². The van der Waals surface area contributed by atoms with Crippen molar-refractivity contribution in [2.24, 2.45) is 0 Å². The first-order valence-corrected chi connectivity index (χ1v) is 9.07. The zero-order chi connectivity index (χ0) is 20.3. The highest BCUT2D eigenvalue weighted by Crippen LogP contribution is 2.43. The number of nitrogens with one attached hydrogen (secondary N) is 1. The summed E-state index contributed by atoms with van der Waals surface area (Å²) in [5.41, 5.74) is 1.28. The monoisotopic (exact) mass is 390 g/mol. The first-order valence-electron chi connectivity index (χ1n) is 9.07. The van der Waals surface area contributed by atoms with Crippen LogP contribution in [0.1, 0.15) is 5.56 Å². The van der Waals surface area contributed by atoms with Gasteiger partial charge >= 0.3 is 6.18 Å². The molecule has 0 aliphatic rings. The predicted molar refractivity (Wildman–Crippen MR) is 110 cm³/mol. The van der Waals surface area contributed by atoms with E-state index in [0.29, 0.717) is 16.9 Å². The molecule has 0 unspecified atom stereocenters. The van der Waals surface area contributed by atoms with Gasteiger partial charge in [-0.05, 0) is 18.2 Å². The minimum atomic E-state index is -4.58. The lowest BCUT2D eigenvalue weighted by atomic mass is 10.0. The molecule has 0 fully saturated rings. The normalized spacial score (nSPS) is 11.3. The van der Waals surface area contributed by atoms with Gasteiger partial charge < -0.3 is 5.32 Å². The third-order valence-corrected chi connectivity index (χ3v) is 4.47. The Hall–Kier alpha value is -3.60. The highest BCUT2D eigenvalue weighted by molar-refractivity contribution is 5.79. The molecule has 0 bridgehead atoms. The maximum Gasteiger partial charge on any atom is 0.420 e. The van der Waals surface area contributed by atoms with Crippen LogP contribution in [-0.4, -0.2) is 4.98 Å². The Bertz CT molecular complexity index is 1090. The Morgan fingerprint density at radius 1 is 0.655 bits per heavy atom. The standard InChI is InChI=1S/C24H17F3N2/c25-24(26,27)22-21(28-19-14-8-3-9-15-19)16-20(17-10-4-1-5-11-17)29-23(22)18-12-6-2-7-13-18/h1-16H,(H,28,29). The molecular weight excluding hydrogens is 373 g/mol. The van der Waals surface area contributed by atoms with E-state index in [4.69, 9.17) is 0 Å². The fourth-order valence-electron chi connectivity index (χ4n) is 3.17. The Morgan fingerprint density at radius 2 is 1.17 bits per heavy atom. The minimum absolute atomic E-state index is 0.0311. The topological polar surface area (TPSA) is 24.9 Å². The minimum Gasteiger partial charge on any atom is -0.355 e. The number of hydrogen-bond acceptors (Lipinski definition) is 2. The molecule has 0 spiro atoms. The summed E-state index contributed by atoms with van der Waals surface area (Å²) < 4.78 is 42.5. The summed E-state index contributed by atoms with van der Waals surface area (Å²) >= 11 is 0. The number of pyridine rings is 1. The molecule has 2 nitrogen and oxygen atoms in total. The average Bonchev–Trinajstić information content (AvgIpc) is 2.74. The number of para-hydroxylation sites is 1. The molecule has 1 N–H and O–H groups in total. The first kappa shape index (κ1) is 18.7. The Kier molecular flexibility index (Phi) is 5.04. The summed E-state index contributed by atoms with van der Waals surface area (Å²) in [6.07, 6.45) is -4.58. The van der Waals surface area contributed by atoms with E-state index in [1.807, 2.05) is 36.4 Å². The molecule has 29 heavy (non-hydrogen) atoms. The molecule has 3 aromatic carbocycles. The number of nitrogens with zero attached hydrogens (tertiary/aromatic N) is 1. The van der Waals surface area contributed by atoms with Crippen LogP contribution >= 0.6 is 0 Å². The van der Waals surface area contributed by atoms with Crippen LogP contribution in [-0.2, 0) is 6.18 Å². The van der Waals surface area contributed by atoms with Gasteiger partial charge in [0.25, 0.3) is 0 Å². The van der Waals surface area contributed by atoms with Crippen LogP contribution in [0.25, 0.3) is 22.5 Å². The van der Waals surface area contributed by atoms with E-state index in [2.05, 4.69) is 10.3 Å². The van der Waals surface area contributed by atoms with Gasteiger partial charge in [-0.25, -0.2) is 4.98 Å². The Labute approximate surface area is 166 Å². The number of hydrogen-bond donors (Lipinski definition) is 1. The molecule has 1 heterocycles. The number of aromatic nitrogens is 1. The van der Waals surface area contributed by atoms with Crippen molar-refractivity contribution in [2.45, 2.75) is 6.18 Å². The maximum absolute atomic E-state index is 14.2. The molecule has 0 saturated carbocycles. The molecule has 0 saturated heterocycles. The van der Waals surface area contributed by atoms with Crippen LogP contribution in [0.15, 0.2) is 97.1 Å². The van der Waals surface area contributed by atoms with Gasteiger partial charge in [-0.2, -0.15) is 13.2 Å². The summed E-state index contributed by atoms with van der Waals surface area (Å²) in [5, 5.41) is 2.94. The SMILES string of the molecule is FC(F)(F)c1c(Nc2ccccc2)cc(-c2ccccc2)nc1-c1ccccc1. The van der Waals surface area contributed by atoms with Crippen LogP contribution in [0.2, 0.25) is 0 Å². The van der Waals surface area contributed by atoms with Crippen molar-refractivity contribution in [1.29, 1.82) is 0 Å². The maximum atomic E-state index is 14.2. The van der Waals surface area contributed by atoms with Gasteiger partial charge in [-0.3, -0.25) is 0 Å². The molecule has 4 rings (SSSR count). The van der Waals surface area contributed by atoms with Crippen molar-refractivity contribution in [1.82, 2.24) is 4.98 Å². The lowest BCUT2D eigenvalue weighted by Crippen LogP contribution is -2.13. The smallest absolute Gasteiger partial charge is 0.355 e. The van der Waals surface area contributed by atoms with Crippen LogP contribution in [0.5, 0.6) is 0 Å². The third-order valence-electron chi connectivity index (χ3n) is 4.47. The van der Waals surface area contributed by atoms with Crippen molar-refractivity contribution >= 4 is 11.4 Å². The molecule has 0 amide bonds. The van der Waals surface area contributed by atoms with Crippen LogP contribution in [0.3, 0.4) is 0 Å². The van der Waals surface area contributed by atoms with Crippen molar-refractivity contribution < 1.29 is 13.2 Å². The number of benzene rings is 3. The van der Waals surface area contributed by atoms with Gasteiger partial charge in [0, 0.05) is 16.8 Å². The fourth-order valence-corrected chi connectivity index (χ4v) is 3.17. The lowest BCUT2D eigenvalue weighted by Gasteiger charge is -2.20. The molecule has 5 heteroatoms. The van der Waals surface area contributed by atoms with Gasteiger partial charge in [0.1, 0.15) is 5.56 Å². The average molecular weight is 390 g/mol. The van der Waals surface area contributed by atoms with Crippen LogP contribution in [0, 0.1) is 0 Å². The van der Waals surface area contributed by atoms with Crippen LogP contribution < -0.4 is 5.32 Å². The molecule has 0 aliphatic carbocycles. The van der Waals surface area contributed by atoms with Gasteiger partial charge in [-0.1, -0.05) is 78.9 Å². The second-order valence-electron chi connectivity index (χ2n) is 6.50. The van der Waals surface area contributed by atoms with Crippen LogP contribution in [0.4, 0.5) is 24.5 Å². The van der Waals surface area contributed by atoms with Crippen molar-refractivity contribution in [2.75, 3.05) is 5.32 Å². The summed E-state index contributed by atoms with van der Waals surface area (Å²) in [6.45, 7) is 0. The zero-order valence-corrected chi connectivity index (χ0v) is 15.3. The molecule has 144 valence electrons. The van der Waals surface area contributed by atoms with E-state index in [1.54, 1.807) is 54.6 Å². The summed E-state index contributed by atoms with van der Waals surface area (Å²) in [5.74, 6) is 0. The summed E-state index contributed by atoms with van der Waals surface area (Å²) in [6, 6.07) is 27.9. The fraction of sp³-hybridized carbons (Fsp3) is 0.0417.